The molecule has 0 saturated heterocycles. The van der Waals surface area contributed by atoms with Crippen LogP contribution in [0, 0.1) is 6.92 Å². The predicted octanol–water partition coefficient (Wildman–Crippen LogP) is 0.883. The molecule has 1 aromatic carbocycles. The Hall–Kier alpha value is -2.19. The molecule has 0 saturated carbocycles. The maximum Gasteiger partial charge on any atom is 0.293 e. The quantitative estimate of drug-likeness (QED) is 0.866. The fourth-order valence-electron chi connectivity index (χ4n) is 1.46. The van der Waals surface area contributed by atoms with E-state index in [-0.39, 0.29) is 10.7 Å². The van der Waals surface area contributed by atoms with Crippen molar-refractivity contribution in [2.45, 2.75) is 11.8 Å². The molecule has 2 rings (SSSR count). The Bertz CT molecular complexity index is 721. The number of amides is 1. The fraction of sp³-hybridized carbons (Fsp3) is 0.0909. The molecule has 0 spiro atoms. The summed E-state index contributed by atoms with van der Waals surface area (Å²) in [5, 5.41) is 7.51. The lowest BCUT2D eigenvalue weighted by atomic mass is 10.3. The molecule has 0 aliphatic heterocycles. The second-order valence-electron chi connectivity index (χ2n) is 3.79. The van der Waals surface area contributed by atoms with Gasteiger partial charge in [0.05, 0.1) is 10.6 Å². The van der Waals surface area contributed by atoms with Gasteiger partial charge in [0.1, 0.15) is 0 Å². The van der Waals surface area contributed by atoms with Gasteiger partial charge in [-0.05, 0) is 25.1 Å². The highest BCUT2D eigenvalue weighted by Crippen LogP contribution is 2.16. The van der Waals surface area contributed by atoms with Gasteiger partial charge in [0.25, 0.3) is 5.91 Å². The number of hydrogen-bond donors (Lipinski definition) is 2. The van der Waals surface area contributed by atoms with E-state index in [1.54, 1.807) is 6.92 Å². The number of nitrogens with two attached hydrogens (primary N) is 1. The SMILES string of the molecule is Cc1ncoc1C(=O)Nc1cccc(S(N)(=O)=O)c1. The van der Waals surface area contributed by atoms with Gasteiger partial charge in [-0.25, -0.2) is 18.5 Å². The van der Waals surface area contributed by atoms with Crippen molar-refractivity contribution in [3.63, 3.8) is 0 Å². The highest BCUT2D eigenvalue weighted by molar-refractivity contribution is 7.89. The van der Waals surface area contributed by atoms with Gasteiger partial charge in [-0.15, -0.1) is 0 Å². The van der Waals surface area contributed by atoms with Gasteiger partial charge >= 0.3 is 0 Å². The fourth-order valence-corrected chi connectivity index (χ4v) is 2.02. The Labute approximate surface area is 109 Å². The Morgan fingerprint density at radius 3 is 2.74 bits per heavy atom. The van der Waals surface area contributed by atoms with Crippen LogP contribution in [0.3, 0.4) is 0 Å². The molecule has 1 amide bonds. The van der Waals surface area contributed by atoms with Crippen LogP contribution in [0.25, 0.3) is 0 Å². The van der Waals surface area contributed by atoms with Gasteiger partial charge in [-0.3, -0.25) is 4.79 Å². The molecule has 0 atom stereocenters. The number of benzene rings is 1. The van der Waals surface area contributed by atoms with E-state index in [0.29, 0.717) is 11.4 Å². The van der Waals surface area contributed by atoms with Crippen molar-refractivity contribution in [1.29, 1.82) is 0 Å². The largest absolute Gasteiger partial charge is 0.438 e. The monoisotopic (exact) mass is 281 g/mol. The second-order valence-corrected chi connectivity index (χ2v) is 5.36. The zero-order valence-corrected chi connectivity index (χ0v) is 10.8. The van der Waals surface area contributed by atoms with Crippen molar-refractivity contribution in [3.05, 3.63) is 42.1 Å². The average molecular weight is 281 g/mol. The van der Waals surface area contributed by atoms with Gasteiger partial charge < -0.3 is 9.73 Å². The van der Waals surface area contributed by atoms with E-state index in [1.165, 1.54) is 24.3 Å². The lowest BCUT2D eigenvalue weighted by Gasteiger charge is -2.05. The first-order chi connectivity index (χ1) is 8.88. The molecule has 7 nitrogen and oxygen atoms in total. The van der Waals surface area contributed by atoms with Crippen molar-refractivity contribution < 1.29 is 17.6 Å². The highest BCUT2D eigenvalue weighted by Gasteiger charge is 2.15. The first kappa shape index (κ1) is 13.2. The van der Waals surface area contributed by atoms with E-state index in [2.05, 4.69) is 10.3 Å². The Morgan fingerprint density at radius 1 is 1.42 bits per heavy atom. The lowest BCUT2D eigenvalue weighted by molar-refractivity contribution is 0.0996. The maximum absolute atomic E-state index is 11.8. The predicted molar refractivity (Wildman–Crippen MR) is 67.0 cm³/mol. The van der Waals surface area contributed by atoms with E-state index in [1.807, 2.05) is 0 Å². The van der Waals surface area contributed by atoms with E-state index < -0.39 is 15.9 Å². The first-order valence-corrected chi connectivity index (χ1v) is 6.77. The van der Waals surface area contributed by atoms with Gasteiger partial charge in [-0.2, -0.15) is 0 Å². The van der Waals surface area contributed by atoms with Crippen LogP contribution in [0.1, 0.15) is 16.2 Å². The van der Waals surface area contributed by atoms with Crippen molar-refractivity contribution in [3.8, 4) is 0 Å². The molecule has 0 aliphatic carbocycles. The summed E-state index contributed by atoms with van der Waals surface area (Å²) in [6.45, 7) is 1.62. The molecule has 8 heteroatoms. The molecule has 0 bridgehead atoms. The number of oxazole rings is 1. The van der Waals surface area contributed by atoms with Crippen LogP contribution >= 0.6 is 0 Å². The molecule has 0 fully saturated rings. The van der Waals surface area contributed by atoms with Crippen LogP contribution in [0.2, 0.25) is 0 Å². The molecule has 0 radical (unpaired) electrons. The molecular formula is C11H11N3O4S. The Balaban J connectivity index is 2.25. The normalized spacial score (nSPS) is 11.3. The molecular weight excluding hydrogens is 270 g/mol. The number of hydrogen-bond acceptors (Lipinski definition) is 5. The van der Waals surface area contributed by atoms with Gasteiger partial charge in [0, 0.05) is 5.69 Å². The third kappa shape index (κ3) is 2.98. The van der Waals surface area contributed by atoms with Crippen LogP contribution in [-0.4, -0.2) is 19.3 Å². The molecule has 1 heterocycles. The maximum atomic E-state index is 11.8. The van der Waals surface area contributed by atoms with Crippen LogP contribution in [0.5, 0.6) is 0 Å². The summed E-state index contributed by atoms with van der Waals surface area (Å²) in [5.74, 6) is -0.442. The van der Waals surface area contributed by atoms with Crippen molar-refractivity contribution in [2.75, 3.05) is 5.32 Å². The number of carbonyl (C=O) groups is 1. The zero-order chi connectivity index (χ0) is 14.0. The third-order valence-corrected chi connectivity index (χ3v) is 3.28. The van der Waals surface area contributed by atoms with Gasteiger partial charge in [0.15, 0.2) is 6.39 Å². The Kier molecular flexibility index (Phi) is 3.36. The summed E-state index contributed by atoms with van der Waals surface area (Å²) in [4.78, 5) is 15.5. The molecule has 0 aliphatic rings. The van der Waals surface area contributed by atoms with Gasteiger partial charge in [-0.1, -0.05) is 6.07 Å². The average Bonchev–Trinajstić information content (AvgIpc) is 2.75. The van der Waals surface area contributed by atoms with Crippen molar-refractivity contribution in [1.82, 2.24) is 4.98 Å². The van der Waals surface area contributed by atoms with Crippen LogP contribution in [-0.2, 0) is 10.0 Å². The van der Waals surface area contributed by atoms with E-state index in [9.17, 15) is 13.2 Å². The number of nitrogens with zero attached hydrogens (tertiary/aromatic N) is 1. The number of primary sulfonamides is 1. The number of rotatable bonds is 3. The van der Waals surface area contributed by atoms with Crippen molar-refractivity contribution >= 4 is 21.6 Å². The Morgan fingerprint density at radius 2 is 2.16 bits per heavy atom. The number of nitrogens with one attached hydrogen (secondary N) is 1. The summed E-state index contributed by atoms with van der Waals surface area (Å²) >= 11 is 0. The molecule has 100 valence electrons. The molecule has 19 heavy (non-hydrogen) atoms. The number of sulfonamides is 1. The van der Waals surface area contributed by atoms with E-state index in [0.717, 1.165) is 6.39 Å². The second kappa shape index (κ2) is 4.82. The zero-order valence-electron chi connectivity index (χ0n) is 9.95. The number of aromatic nitrogens is 1. The minimum Gasteiger partial charge on any atom is -0.438 e. The first-order valence-electron chi connectivity index (χ1n) is 5.22. The van der Waals surface area contributed by atoms with Crippen LogP contribution in [0.4, 0.5) is 5.69 Å². The summed E-state index contributed by atoms with van der Waals surface area (Å²) in [6, 6.07) is 5.62. The third-order valence-electron chi connectivity index (χ3n) is 2.37. The van der Waals surface area contributed by atoms with Gasteiger partial charge in [0.2, 0.25) is 15.8 Å². The minimum atomic E-state index is -3.81. The number of carbonyl (C=O) groups excluding carboxylic acids is 1. The summed E-state index contributed by atoms with van der Waals surface area (Å²) in [6.07, 6.45) is 1.16. The number of aryl methyl sites for hydroxylation is 1. The molecule has 2 aromatic rings. The van der Waals surface area contributed by atoms with Crippen LogP contribution in [0.15, 0.2) is 40.0 Å². The van der Waals surface area contributed by atoms with E-state index >= 15 is 0 Å². The standard InChI is InChI=1S/C11H11N3O4S/c1-7-10(18-6-13-7)11(15)14-8-3-2-4-9(5-8)19(12,16)17/h2-6H,1H3,(H,14,15)(H2,12,16,17). The minimum absolute atomic E-state index is 0.0704. The number of anilines is 1. The van der Waals surface area contributed by atoms with Crippen LogP contribution < -0.4 is 10.5 Å². The smallest absolute Gasteiger partial charge is 0.293 e. The summed E-state index contributed by atoms with van der Waals surface area (Å²) < 4.78 is 27.3. The topological polar surface area (TPSA) is 115 Å². The molecule has 0 unspecified atom stereocenters. The lowest BCUT2D eigenvalue weighted by Crippen LogP contribution is -2.15. The molecule has 1 aromatic heterocycles. The summed E-state index contributed by atoms with van der Waals surface area (Å²) in [5.41, 5.74) is 0.743. The van der Waals surface area contributed by atoms with Crippen molar-refractivity contribution in [2.24, 2.45) is 5.14 Å². The molecule has 3 N–H and O–H groups in total. The summed E-state index contributed by atoms with van der Waals surface area (Å²) in [7, 11) is -3.81. The van der Waals surface area contributed by atoms with E-state index in [4.69, 9.17) is 9.56 Å². The highest BCUT2D eigenvalue weighted by atomic mass is 32.2.